The standard InChI is InChI=1S/C27H31NOSi/c1-30(2,3)29-25-19-26(23-15-9-5-10-16-23)28(21-22-13-7-4-8-14-22)27(20-25)24-17-11-6-12-18-24/h4-19,26-27H,20-21H2,1-3H3/t26-,27-/m0/s1. The van der Waals surface area contributed by atoms with Crippen molar-refractivity contribution in [1.29, 1.82) is 0 Å². The first-order chi connectivity index (χ1) is 14.5. The summed E-state index contributed by atoms with van der Waals surface area (Å²) in [6, 6.07) is 33.0. The molecule has 3 aromatic rings. The number of hydrogen-bond donors (Lipinski definition) is 0. The summed E-state index contributed by atoms with van der Waals surface area (Å²) in [5.41, 5.74) is 3.99. The highest BCUT2D eigenvalue weighted by Gasteiger charge is 2.34. The average Bonchev–Trinajstić information content (AvgIpc) is 2.75. The molecule has 0 aliphatic carbocycles. The van der Waals surface area contributed by atoms with E-state index in [-0.39, 0.29) is 12.1 Å². The fourth-order valence-corrected chi connectivity index (χ4v) is 5.17. The van der Waals surface area contributed by atoms with Crippen LogP contribution in [0.3, 0.4) is 0 Å². The summed E-state index contributed by atoms with van der Waals surface area (Å²) < 4.78 is 6.55. The Morgan fingerprint density at radius 1 is 0.767 bits per heavy atom. The Morgan fingerprint density at radius 2 is 1.30 bits per heavy atom. The molecule has 0 saturated carbocycles. The SMILES string of the molecule is C[Si](C)(C)OC1=C[C@@H](c2ccccc2)N(Cc2ccccc2)[C@H](c2ccccc2)C1. The number of rotatable bonds is 6. The molecule has 2 atom stereocenters. The van der Waals surface area contributed by atoms with E-state index in [4.69, 9.17) is 4.43 Å². The van der Waals surface area contributed by atoms with Gasteiger partial charge in [-0.05, 0) is 42.4 Å². The molecule has 0 bridgehead atoms. The topological polar surface area (TPSA) is 12.5 Å². The van der Waals surface area contributed by atoms with Gasteiger partial charge in [0.25, 0.3) is 0 Å². The Kier molecular flexibility index (Phi) is 6.21. The molecule has 0 N–H and O–H groups in total. The second-order valence-electron chi connectivity index (χ2n) is 8.99. The Morgan fingerprint density at radius 3 is 1.87 bits per heavy atom. The molecule has 0 unspecified atom stereocenters. The van der Waals surface area contributed by atoms with Gasteiger partial charge in [-0.1, -0.05) is 91.0 Å². The van der Waals surface area contributed by atoms with E-state index in [1.165, 1.54) is 16.7 Å². The van der Waals surface area contributed by atoms with Crippen LogP contribution < -0.4 is 0 Å². The van der Waals surface area contributed by atoms with Crippen LogP contribution in [0.1, 0.15) is 35.2 Å². The Hall–Kier alpha value is -2.62. The van der Waals surface area contributed by atoms with Crippen molar-refractivity contribution in [1.82, 2.24) is 4.90 Å². The van der Waals surface area contributed by atoms with Gasteiger partial charge in [0.2, 0.25) is 8.32 Å². The van der Waals surface area contributed by atoms with Gasteiger partial charge < -0.3 is 4.43 Å². The van der Waals surface area contributed by atoms with Crippen LogP contribution in [-0.4, -0.2) is 13.2 Å². The molecule has 3 aromatic carbocycles. The summed E-state index contributed by atoms with van der Waals surface area (Å²) in [5, 5.41) is 0. The van der Waals surface area contributed by atoms with Crippen molar-refractivity contribution in [3.05, 3.63) is 120 Å². The Labute approximate surface area is 182 Å². The normalized spacial score (nSPS) is 19.9. The smallest absolute Gasteiger partial charge is 0.241 e. The number of hydrogen-bond acceptors (Lipinski definition) is 2. The first-order valence-corrected chi connectivity index (χ1v) is 14.2. The van der Waals surface area contributed by atoms with Gasteiger partial charge in [0.1, 0.15) is 0 Å². The summed E-state index contributed by atoms with van der Waals surface area (Å²) in [6.07, 6.45) is 3.26. The first kappa shape index (κ1) is 20.6. The minimum absolute atomic E-state index is 0.178. The fraction of sp³-hybridized carbons (Fsp3) is 0.259. The highest BCUT2D eigenvalue weighted by atomic mass is 28.4. The second-order valence-corrected chi connectivity index (χ2v) is 13.4. The highest BCUT2D eigenvalue weighted by molar-refractivity contribution is 6.70. The lowest BCUT2D eigenvalue weighted by atomic mass is 9.90. The molecular weight excluding hydrogens is 382 g/mol. The summed E-state index contributed by atoms with van der Waals surface area (Å²) in [4.78, 5) is 2.62. The van der Waals surface area contributed by atoms with E-state index in [2.05, 4.69) is 122 Å². The van der Waals surface area contributed by atoms with Gasteiger partial charge in [0.05, 0.1) is 11.8 Å². The van der Waals surface area contributed by atoms with E-state index < -0.39 is 8.32 Å². The molecule has 1 aliphatic rings. The number of benzene rings is 3. The van der Waals surface area contributed by atoms with Crippen molar-refractivity contribution in [2.24, 2.45) is 0 Å². The van der Waals surface area contributed by atoms with Crippen molar-refractivity contribution in [3.8, 4) is 0 Å². The van der Waals surface area contributed by atoms with E-state index in [0.29, 0.717) is 0 Å². The highest BCUT2D eigenvalue weighted by Crippen LogP contribution is 2.42. The van der Waals surface area contributed by atoms with Crippen LogP contribution in [0.4, 0.5) is 0 Å². The van der Waals surface area contributed by atoms with Gasteiger partial charge in [-0.2, -0.15) is 0 Å². The molecule has 0 radical (unpaired) electrons. The van der Waals surface area contributed by atoms with Gasteiger partial charge in [0, 0.05) is 19.0 Å². The molecule has 4 rings (SSSR count). The average molecular weight is 414 g/mol. The lowest BCUT2D eigenvalue weighted by molar-refractivity contribution is 0.119. The molecule has 2 nitrogen and oxygen atoms in total. The summed E-state index contributed by atoms with van der Waals surface area (Å²) in [5.74, 6) is 1.14. The molecule has 30 heavy (non-hydrogen) atoms. The van der Waals surface area contributed by atoms with Crippen LogP contribution in [0.25, 0.3) is 0 Å². The van der Waals surface area contributed by atoms with Gasteiger partial charge >= 0.3 is 0 Å². The molecule has 0 aromatic heterocycles. The van der Waals surface area contributed by atoms with Crippen LogP contribution in [0.2, 0.25) is 19.6 Å². The molecular formula is C27H31NOSi. The lowest BCUT2D eigenvalue weighted by Gasteiger charge is -2.42. The number of nitrogens with zero attached hydrogens (tertiary/aromatic N) is 1. The molecule has 0 fully saturated rings. The lowest BCUT2D eigenvalue weighted by Crippen LogP contribution is -2.37. The third-order valence-electron chi connectivity index (χ3n) is 5.47. The van der Waals surface area contributed by atoms with E-state index in [1.807, 2.05) is 0 Å². The maximum absolute atomic E-state index is 6.55. The third kappa shape index (κ3) is 5.10. The van der Waals surface area contributed by atoms with Crippen LogP contribution in [0.5, 0.6) is 0 Å². The predicted octanol–water partition coefficient (Wildman–Crippen LogP) is 7.11. The van der Waals surface area contributed by atoms with Crippen LogP contribution >= 0.6 is 0 Å². The molecule has 1 heterocycles. The van der Waals surface area contributed by atoms with Gasteiger partial charge in [0.15, 0.2) is 0 Å². The molecule has 0 saturated heterocycles. The van der Waals surface area contributed by atoms with Gasteiger partial charge in [-0.15, -0.1) is 0 Å². The van der Waals surface area contributed by atoms with Crippen molar-refractivity contribution in [2.75, 3.05) is 0 Å². The second kappa shape index (κ2) is 9.03. The van der Waals surface area contributed by atoms with Crippen molar-refractivity contribution in [2.45, 2.75) is 44.7 Å². The fourth-order valence-electron chi connectivity index (χ4n) is 4.24. The molecule has 1 aliphatic heterocycles. The van der Waals surface area contributed by atoms with Crippen LogP contribution in [-0.2, 0) is 11.0 Å². The Balaban J connectivity index is 1.79. The zero-order valence-corrected chi connectivity index (χ0v) is 19.2. The van der Waals surface area contributed by atoms with E-state index >= 15 is 0 Å². The predicted molar refractivity (Wildman–Crippen MR) is 127 cm³/mol. The van der Waals surface area contributed by atoms with Crippen molar-refractivity contribution in [3.63, 3.8) is 0 Å². The molecule has 154 valence electrons. The van der Waals surface area contributed by atoms with Crippen LogP contribution in [0.15, 0.2) is 103 Å². The largest absolute Gasteiger partial charge is 0.547 e. The van der Waals surface area contributed by atoms with Crippen molar-refractivity contribution < 1.29 is 4.43 Å². The van der Waals surface area contributed by atoms with Gasteiger partial charge in [-0.25, -0.2) is 0 Å². The molecule has 0 spiro atoms. The quantitative estimate of drug-likeness (QED) is 0.399. The van der Waals surface area contributed by atoms with E-state index in [1.54, 1.807) is 0 Å². The zero-order chi connectivity index (χ0) is 21.0. The minimum atomic E-state index is -1.69. The molecule has 3 heteroatoms. The summed E-state index contributed by atoms with van der Waals surface area (Å²) >= 11 is 0. The maximum atomic E-state index is 6.55. The van der Waals surface area contributed by atoms with Gasteiger partial charge in [-0.3, -0.25) is 4.90 Å². The minimum Gasteiger partial charge on any atom is -0.547 e. The van der Waals surface area contributed by atoms with E-state index in [9.17, 15) is 0 Å². The summed E-state index contributed by atoms with van der Waals surface area (Å²) in [6.45, 7) is 7.69. The first-order valence-electron chi connectivity index (χ1n) is 10.8. The third-order valence-corrected chi connectivity index (χ3v) is 6.34. The van der Waals surface area contributed by atoms with Crippen molar-refractivity contribution >= 4 is 8.32 Å². The Bertz CT molecular complexity index is 964. The van der Waals surface area contributed by atoms with Crippen LogP contribution in [0, 0.1) is 0 Å². The maximum Gasteiger partial charge on any atom is 0.241 e. The molecule has 0 amide bonds. The summed E-state index contributed by atoms with van der Waals surface area (Å²) in [7, 11) is -1.69. The van der Waals surface area contributed by atoms with E-state index in [0.717, 1.165) is 18.7 Å². The monoisotopic (exact) mass is 413 g/mol. The zero-order valence-electron chi connectivity index (χ0n) is 18.2.